The van der Waals surface area contributed by atoms with Crippen LogP contribution in [0.5, 0.6) is 0 Å². The van der Waals surface area contributed by atoms with Crippen LogP contribution in [0.25, 0.3) is 0 Å². The molecule has 92 valence electrons. The molecule has 0 aliphatic carbocycles. The molecule has 0 spiro atoms. The molecule has 0 aromatic carbocycles. The summed E-state index contributed by atoms with van der Waals surface area (Å²) in [6, 6.07) is 0. The summed E-state index contributed by atoms with van der Waals surface area (Å²) in [5.74, 6) is 0. The van der Waals surface area contributed by atoms with Crippen molar-refractivity contribution in [1.82, 2.24) is 0 Å². The average Bonchev–Trinajstić information content (AvgIpc) is 2.27. The number of hydrogen-bond donors (Lipinski definition) is 0. The van der Waals surface area contributed by atoms with Crippen molar-refractivity contribution in [2.24, 2.45) is 0 Å². The van der Waals surface area contributed by atoms with Gasteiger partial charge in [0.05, 0.1) is 0 Å². The first kappa shape index (κ1) is 20.2. The standard InChI is InChI=1S/C8H12.2C4H8/c1-7(2)5-6-8(3)4;2*1-3-4-2/h5-6H,1,3H2,2,4H3;2*3H,1,4H2,2H3/b6-5-;;. The molecular weight excluding hydrogens is 192 g/mol. The van der Waals surface area contributed by atoms with Crippen LogP contribution in [-0.2, 0) is 0 Å². The van der Waals surface area contributed by atoms with Gasteiger partial charge in [0.15, 0.2) is 0 Å². The second kappa shape index (κ2) is 19.3. The van der Waals surface area contributed by atoms with Gasteiger partial charge in [-0.15, -0.1) is 13.2 Å². The highest BCUT2D eigenvalue weighted by Gasteiger charge is 1.72. The van der Waals surface area contributed by atoms with E-state index in [9.17, 15) is 0 Å². The molecule has 0 saturated carbocycles. The van der Waals surface area contributed by atoms with Crippen molar-refractivity contribution in [3.05, 3.63) is 61.8 Å². The van der Waals surface area contributed by atoms with Crippen LogP contribution in [0.3, 0.4) is 0 Å². The van der Waals surface area contributed by atoms with Crippen LogP contribution in [0.4, 0.5) is 0 Å². The van der Waals surface area contributed by atoms with Crippen molar-refractivity contribution in [1.29, 1.82) is 0 Å². The number of allylic oxidation sites excluding steroid dienone is 6. The van der Waals surface area contributed by atoms with E-state index >= 15 is 0 Å². The van der Waals surface area contributed by atoms with Crippen molar-refractivity contribution >= 4 is 0 Å². The van der Waals surface area contributed by atoms with Crippen molar-refractivity contribution in [2.45, 2.75) is 40.5 Å². The second-order valence-corrected chi connectivity index (χ2v) is 3.42. The highest BCUT2D eigenvalue weighted by Crippen LogP contribution is 1.94. The van der Waals surface area contributed by atoms with Crippen LogP contribution in [0.15, 0.2) is 61.8 Å². The Labute approximate surface area is 103 Å². The zero-order valence-electron chi connectivity index (χ0n) is 11.6. The normalized spacial score (nSPS) is 8.00. The molecule has 0 rings (SSSR count). The summed E-state index contributed by atoms with van der Waals surface area (Å²) in [4.78, 5) is 0. The second-order valence-electron chi connectivity index (χ2n) is 3.42. The zero-order chi connectivity index (χ0) is 13.4. The Morgan fingerprint density at radius 2 is 1.00 bits per heavy atom. The molecule has 0 amide bonds. The molecule has 0 saturated heterocycles. The van der Waals surface area contributed by atoms with E-state index in [0.29, 0.717) is 0 Å². The molecule has 0 radical (unpaired) electrons. The average molecular weight is 220 g/mol. The van der Waals surface area contributed by atoms with Crippen LogP contribution in [0, 0.1) is 0 Å². The molecule has 0 unspecified atom stereocenters. The minimum atomic E-state index is 1.06. The van der Waals surface area contributed by atoms with Gasteiger partial charge < -0.3 is 0 Å². The first-order valence-electron chi connectivity index (χ1n) is 5.66. The van der Waals surface area contributed by atoms with E-state index in [0.717, 1.165) is 24.0 Å². The summed E-state index contributed by atoms with van der Waals surface area (Å²) in [6.45, 7) is 22.4. The largest absolute Gasteiger partial charge is 0.103 e. The van der Waals surface area contributed by atoms with Gasteiger partial charge in [-0.2, -0.15) is 0 Å². The molecule has 0 heterocycles. The maximum Gasteiger partial charge on any atom is -0.0382 e. The summed E-state index contributed by atoms with van der Waals surface area (Å²) < 4.78 is 0. The van der Waals surface area contributed by atoms with Gasteiger partial charge in [-0.25, -0.2) is 0 Å². The van der Waals surface area contributed by atoms with Gasteiger partial charge in [0.2, 0.25) is 0 Å². The Hall–Kier alpha value is -1.30. The quantitative estimate of drug-likeness (QED) is 0.411. The van der Waals surface area contributed by atoms with E-state index in [4.69, 9.17) is 0 Å². The SMILES string of the molecule is C=C(C)/C=C\C(=C)C.C=CCC.C=CCC. The molecule has 0 bridgehead atoms. The van der Waals surface area contributed by atoms with Crippen molar-refractivity contribution < 1.29 is 0 Å². The Morgan fingerprint density at radius 3 is 1.06 bits per heavy atom. The first-order valence-corrected chi connectivity index (χ1v) is 5.66. The Balaban J connectivity index is -0.000000179. The van der Waals surface area contributed by atoms with Gasteiger partial charge in [-0.05, 0) is 26.7 Å². The third-order valence-corrected chi connectivity index (χ3v) is 1.23. The van der Waals surface area contributed by atoms with Crippen molar-refractivity contribution in [3.63, 3.8) is 0 Å². The molecule has 0 nitrogen and oxygen atoms in total. The highest BCUT2D eigenvalue weighted by atomic mass is 13.8. The third kappa shape index (κ3) is 53.5. The topological polar surface area (TPSA) is 0 Å². The molecule has 0 aliphatic heterocycles. The predicted molar refractivity (Wildman–Crippen MR) is 79.7 cm³/mol. The molecule has 0 aromatic heterocycles. The Bertz CT molecular complexity index is 192. The highest BCUT2D eigenvalue weighted by molar-refractivity contribution is 5.20. The molecule has 16 heavy (non-hydrogen) atoms. The summed E-state index contributed by atoms with van der Waals surface area (Å²) in [7, 11) is 0. The van der Waals surface area contributed by atoms with Crippen LogP contribution in [-0.4, -0.2) is 0 Å². The van der Waals surface area contributed by atoms with E-state index < -0.39 is 0 Å². The number of rotatable bonds is 4. The van der Waals surface area contributed by atoms with E-state index in [1.54, 1.807) is 0 Å². The lowest BCUT2D eigenvalue weighted by atomic mass is 10.2. The lowest BCUT2D eigenvalue weighted by molar-refractivity contribution is 1.23. The molecule has 0 atom stereocenters. The zero-order valence-corrected chi connectivity index (χ0v) is 11.6. The minimum Gasteiger partial charge on any atom is -0.103 e. The van der Waals surface area contributed by atoms with E-state index in [-0.39, 0.29) is 0 Å². The maximum absolute atomic E-state index is 3.70. The van der Waals surface area contributed by atoms with E-state index in [1.807, 2.05) is 38.2 Å². The van der Waals surface area contributed by atoms with Crippen LogP contribution in [0.2, 0.25) is 0 Å². The number of hydrogen-bond acceptors (Lipinski definition) is 0. The van der Waals surface area contributed by atoms with Gasteiger partial charge in [-0.3, -0.25) is 0 Å². The predicted octanol–water partition coefficient (Wildman–Crippen LogP) is 5.86. The molecule has 0 heteroatoms. The van der Waals surface area contributed by atoms with Crippen LogP contribution >= 0.6 is 0 Å². The lowest BCUT2D eigenvalue weighted by Gasteiger charge is -1.84. The van der Waals surface area contributed by atoms with E-state index in [1.165, 1.54) is 0 Å². The summed E-state index contributed by atoms with van der Waals surface area (Å²) in [5, 5.41) is 0. The first-order chi connectivity index (χ1) is 7.45. The fraction of sp³-hybridized carbons (Fsp3) is 0.375. The Morgan fingerprint density at radius 1 is 0.812 bits per heavy atom. The van der Waals surface area contributed by atoms with Crippen LogP contribution < -0.4 is 0 Å². The fourth-order valence-electron chi connectivity index (χ4n) is 0.285. The van der Waals surface area contributed by atoms with Gasteiger partial charge in [0, 0.05) is 0 Å². The van der Waals surface area contributed by atoms with Crippen LogP contribution in [0.1, 0.15) is 40.5 Å². The molecule has 0 N–H and O–H groups in total. The van der Waals surface area contributed by atoms with Crippen molar-refractivity contribution in [2.75, 3.05) is 0 Å². The molecule has 0 aliphatic rings. The monoisotopic (exact) mass is 220 g/mol. The smallest absolute Gasteiger partial charge is 0.0382 e. The maximum atomic E-state index is 3.70. The lowest BCUT2D eigenvalue weighted by Crippen LogP contribution is -1.62. The van der Waals surface area contributed by atoms with Gasteiger partial charge >= 0.3 is 0 Å². The molecular formula is C16H28. The summed E-state index contributed by atoms with van der Waals surface area (Å²) in [5.41, 5.74) is 2.13. The third-order valence-electron chi connectivity index (χ3n) is 1.23. The van der Waals surface area contributed by atoms with Gasteiger partial charge in [0.25, 0.3) is 0 Å². The van der Waals surface area contributed by atoms with Crippen molar-refractivity contribution in [3.8, 4) is 0 Å². The van der Waals surface area contributed by atoms with Gasteiger partial charge in [-0.1, -0.05) is 62.5 Å². The fourth-order valence-corrected chi connectivity index (χ4v) is 0.285. The summed E-state index contributed by atoms with van der Waals surface area (Å²) in [6.07, 6.45) is 9.81. The van der Waals surface area contributed by atoms with E-state index in [2.05, 4.69) is 40.2 Å². The minimum absolute atomic E-state index is 1.06. The molecule has 0 fully saturated rings. The Kier molecular flexibility index (Phi) is 24.3. The van der Waals surface area contributed by atoms with Gasteiger partial charge in [0.1, 0.15) is 0 Å². The summed E-state index contributed by atoms with van der Waals surface area (Å²) >= 11 is 0. The molecule has 0 aromatic rings.